The van der Waals surface area contributed by atoms with Crippen LogP contribution in [0.3, 0.4) is 0 Å². The Morgan fingerprint density at radius 3 is 2.57 bits per heavy atom. The van der Waals surface area contributed by atoms with Gasteiger partial charge in [-0.3, -0.25) is 14.4 Å². The molecule has 0 aromatic heterocycles. The predicted octanol–water partition coefficient (Wildman–Crippen LogP) is 0.222. The number of hydroxylamine groups is 2. The summed E-state index contributed by atoms with van der Waals surface area (Å²) in [4.78, 5) is 25.6. The lowest BCUT2D eigenvalue weighted by molar-refractivity contribution is -0.182. The monoisotopic (exact) mass is 201 g/mol. The fourth-order valence-electron chi connectivity index (χ4n) is 0.824. The van der Waals surface area contributed by atoms with Crippen molar-refractivity contribution in [3.8, 4) is 0 Å². The van der Waals surface area contributed by atoms with Crippen LogP contribution in [-0.2, 0) is 14.4 Å². The summed E-state index contributed by atoms with van der Waals surface area (Å²) in [6.45, 7) is 6.49. The van der Waals surface area contributed by atoms with Crippen molar-refractivity contribution in [1.82, 2.24) is 10.4 Å². The molecule has 0 heterocycles. The maximum Gasteiger partial charge on any atom is 0.337 e. The number of nitrogens with one attached hydrogen (secondary N) is 1. The second kappa shape index (κ2) is 6.37. The van der Waals surface area contributed by atoms with Crippen LogP contribution in [0.25, 0.3) is 0 Å². The van der Waals surface area contributed by atoms with Crippen molar-refractivity contribution < 1.29 is 14.4 Å². The van der Waals surface area contributed by atoms with Gasteiger partial charge in [0.2, 0.25) is 6.41 Å². The first-order valence-electron chi connectivity index (χ1n) is 4.51. The third-order valence-corrected chi connectivity index (χ3v) is 1.25. The minimum absolute atomic E-state index is 0.407. The minimum atomic E-state index is -0.407. The van der Waals surface area contributed by atoms with Gasteiger partial charge < -0.3 is 5.32 Å². The van der Waals surface area contributed by atoms with Crippen molar-refractivity contribution >= 4 is 12.8 Å². The van der Waals surface area contributed by atoms with E-state index in [2.05, 4.69) is 5.32 Å². The fourth-order valence-corrected chi connectivity index (χ4v) is 0.824. The lowest BCUT2D eigenvalue weighted by Gasteiger charge is -2.25. The van der Waals surface area contributed by atoms with Crippen molar-refractivity contribution in [2.45, 2.75) is 32.8 Å². The average molecular weight is 201 g/mol. The maximum absolute atomic E-state index is 10.4. The van der Waals surface area contributed by atoms with E-state index in [-0.39, 0.29) is 0 Å². The highest BCUT2D eigenvalue weighted by Gasteiger charge is 2.15. The Labute approximate surface area is 84.4 Å². The second-order valence-electron chi connectivity index (χ2n) is 3.82. The van der Waals surface area contributed by atoms with E-state index in [0.717, 1.165) is 5.06 Å². The van der Waals surface area contributed by atoms with Crippen molar-refractivity contribution in [3.05, 3.63) is 0 Å². The van der Waals surface area contributed by atoms with Crippen LogP contribution in [0, 0.1) is 0 Å². The predicted molar refractivity (Wildman–Crippen MR) is 51.9 cm³/mol. The highest BCUT2D eigenvalue weighted by Crippen LogP contribution is 2.08. The molecule has 14 heavy (non-hydrogen) atoms. The maximum atomic E-state index is 10.4. The smallest absolute Gasteiger partial charge is 0.337 e. The van der Waals surface area contributed by atoms with E-state index < -0.39 is 5.60 Å². The third-order valence-electron chi connectivity index (χ3n) is 1.25. The molecule has 0 aromatic rings. The van der Waals surface area contributed by atoms with Crippen LogP contribution in [0.4, 0.5) is 0 Å². The van der Waals surface area contributed by atoms with E-state index in [1.54, 1.807) is 6.41 Å². The lowest BCUT2D eigenvalue weighted by atomic mass is 10.2. The van der Waals surface area contributed by atoms with E-state index in [0.29, 0.717) is 25.9 Å². The van der Waals surface area contributed by atoms with Gasteiger partial charge in [-0.2, -0.15) is 0 Å². The molecule has 81 valence electrons. The summed E-state index contributed by atoms with van der Waals surface area (Å²) >= 11 is 0. The van der Waals surface area contributed by atoms with Crippen molar-refractivity contribution in [3.63, 3.8) is 0 Å². The van der Waals surface area contributed by atoms with Crippen LogP contribution < -0.4 is 5.32 Å². The summed E-state index contributed by atoms with van der Waals surface area (Å²) in [7, 11) is 0. The molecule has 0 unspecified atom stereocenters. The molecular weight excluding hydrogens is 184 g/mol. The van der Waals surface area contributed by atoms with Gasteiger partial charge >= 0.3 is 6.41 Å². The lowest BCUT2D eigenvalue weighted by Crippen LogP contribution is -2.34. The molecule has 1 N–H and O–H groups in total. The zero-order valence-electron chi connectivity index (χ0n) is 8.87. The molecule has 5 nitrogen and oxygen atoms in total. The molecule has 0 fully saturated rings. The molecule has 0 saturated heterocycles. The standard InChI is InChI=1S/C9H17N2O3/c1-9(2,3)14-11(8-13)6-4-5-10-7-12/h7H,4-6H2,1-3H3,(H,10,12). The molecular formula is C9H17N2O3. The number of nitrogens with zero attached hydrogens (tertiary/aromatic N) is 1. The molecule has 0 aromatic carbocycles. The molecule has 0 rings (SSSR count). The van der Waals surface area contributed by atoms with E-state index in [4.69, 9.17) is 4.84 Å². The van der Waals surface area contributed by atoms with Crippen LogP contribution in [0.15, 0.2) is 0 Å². The summed E-state index contributed by atoms with van der Waals surface area (Å²) in [6.07, 6.45) is 2.95. The molecule has 0 aliphatic carbocycles. The highest BCUT2D eigenvalue weighted by molar-refractivity contribution is 5.46. The summed E-state index contributed by atoms with van der Waals surface area (Å²) in [6, 6.07) is 0. The van der Waals surface area contributed by atoms with Crippen LogP contribution >= 0.6 is 0 Å². The van der Waals surface area contributed by atoms with Gasteiger partial charge in [-0.1, -0.05) is 0 Å². The van der Waals surface area contributed by atoms with Crippen LogP contribution in [0.1, 0.15) is 27.2 Å². The molecule has 0 aliphatic heterocycles. The third kappa shape index (κ3) is 7.54. The van der Waals surface area contributed by atoms with Crippen LogP contribution in [0.2, 0.25) is 0 Å². The zero-order valence-corrected chi connectivity index (χ0v) is 8.87. The van der Waals surface area contributed by atoms with Gasteiger partial charge in [-0.15, -0.1) is 0 Å². The number of hydrogen-bond acceptors (Lipinski definition) is 3. The molecule has 0 atom stereocenters. The van der Waals surface area contributed by atoms with Gasteiger partial charge in [0.1, 0.15) is 0 Å². The van der Waals surface area contributed by atoms with Gasteiger partial charge in [0, 0.05) is 6.54 Å². The van der Waals surface area contributed by atoms with E-state index in [9.17, 15) is 9.59 Å². The molecule has 0 aliphatic rings. The van der Waals surface area contributed by atoms with Gasteiger partial charge in [0.25, 0.3) is 0 Å². The van der Waals surface area contributed by atoms with Gasteiger partial charge in [0.15, 0.2) is 0 Å². The number of hydrogen-bond donors (Lipinski definition) is 1. The van der Waals surface area contributed by atoms with Crippen LogP contribution in [0.5, 0.6) is 0 Å². The SMILES string of the molecule is CC(C)(C)ON([C]=O)CCCNC=O. The molecule has 1 radical (unpaired) electrons. The number of carbonyl (C=O) groups is 1. The average Bonchev–Trinajstić information content (AvgIpc) is 2.08. The first kappa shape index (κ1) is 12.9. The summed E-state index contributed by atoms with van der Waals surface area (Å²) in [5.41, 5.74) is -0.407. The molecule has 0 spiro atoms. The van der Waals surface area contributed by atoms with Gasteiger partial charge in [-0.25, -0.2) is 5.06 Å². The zero-order chi connectivity index (χ0) is 11.0. The molecule has 5 heteroatoms. The number of amides is 2. The van der Waals surface area contributed by atoms with Crippen molar-refractivity contribution in [2.75, 3.05) is 13.1 Å². The molecule has 0 bridgehead atoms. The van der Waals surface area contributed by atoms with Gasteiger partial charge in [0.05, 0.1) is 12.1 Å². The largest absolute Gasteiger partial charge is 0.359 e. The molecule has 0 saturated carbocycles. The summed E-state index contributed by atoms with van der Waals surface area (Å²) in [5.74, 6) is 0. The van der Waals surface area contributed by atoms with Gasteiger partial charge in [-0.05, 0) is 27.2 Å². The van der Waals surface area contributed by atoms with Crippen LogP contribution in [-0.4, -0.2) is 36.6 Å². The van der Waals surface area contributed by atoms with E-state index in [1.165, 1.54) is 0 Å². The Morgan fingerprint density at radius 1 is 1.50 bits per heavy atom. The number of rotatable bonds is 7. The van der Waals surface area contributed by atoms with Crippen molar-refractivity contribution in [2.24, 2.45) is 0 Å². The fraction of sp³-hybridized carbons (Fsp3) is 0.778. The number of carbonyl (C=O) groups excluding carboxylic acids is 2. The van der Waals surface area contributed by atoms with Crippen molar-refractivity contribution in [1.29, 1.82) is 0 Å². The second-order valence-corrected chi connectivity index (χ2v) is 3.82. The Kier molecular flexibility index (Phi) is 5.87. The summed E-state index contributed by atoms with van der Waals surface area (Å²) in [5, 5.41) is 3.62. The Hall–Kier alpha value is -1.10. The highest BCUT2D eigenvalue weighted by atomic mass is 16.7. The topological polar surface area (TPSA) is 58.6 Å². The quantitative estimate of drug-likeness (QED) is 0.277. The Balaban J connectivity index is 3.69. The van der Waals surface area contributed by atoms with E-state index in [1.807, 2.05) is 20.8 Å². The van der Waals surface area contributed by atoms with E-state index >= 15 is 0 Å². The Bertz CT molecular complexity index is 177. The normalized spacial score (nSPS) is 10.8. The summed E-state index contributed by atoms with van der Waals surface area (Å²) < 4.78 is 0. The molecule has 2 amide bonds. The first-order chi connectivity index (χ1) is 6.49. The Morgan fingerprint density at radius 2 is 2.14 bits per heavy atom. The first-order valence-corrected chi connectivity index (χ1v) is 4.51. The minimum Gasteiger partial charge on any atom is -0.359 e.